The molecule has 0 bridgehead atoms. The molecule has 1 N–H and O–H groups in total. The summed E-state index contributed by atoms with van der Waals surface area (Å²) in [6.45, 7) is 6.73. The zero-order valence-corrected chi connectivity index (χ0v) is 11.4. The average Bonchev–Trinajstić information content (AvgIpc) is 2.34. The summed E-state index contributed by atoms with van der Waals surface area (Å²) in [5.41, 5.74) is 1.40. The summed E-state index contributed by atoms with van der Waals surface area (Å²) in [6.07, 6.45) is 1.14. The van der Waals surface area contributed by atoms with Gasteiger partial charge in [0.05, 0.1) is 0 Å². The number of benzene rings is 1. The van der Waals surface area contributed by atoms with Gasteiger partial charge in [0.1, 0.15) is 0 Å². The van der Waals surface area contributed by atoms with Gasteiger partial charge in [-0.05, 0) is 24.7 Å². The molecule has 0 aliphatic heterocycles. The summed E-state index contributed by atoms with van der Waals surface area (Å²) in [7, 11) is 0. The fourth-order valence-corrected chi connectivity index (χ4v) is 2.51. The van der Waals surface area contributed by atoms with Crippen LogP contribution >= 0.6 is 11.8 Å². The second kappa shape index (κ2) is 7.75. The third-order valence-corrected chi connectivity index (χ3v) is 3.81. The molecule has 0 amide bonds. The number of hydrogen-bond donors (Lipinski definition) is 1. The minimum Gasteiger partial charge on any atom is -0.307 e. The van der Waals surface area contributed by atoms with E-state index < -0.39 is 0 Å². The van der Waals surface area contributed by atoms with Crippen LogP contribution in [0, 0.1) is 0 Å². The molecule has 90 valence electrons. The molecule has 0 aromatic heterocycles. The van der Waals surface area contributed by atoms with Crippen molar-refractivity contribution in [2.75, 3.05) is 11.5 Å². The van der Waals surface area contributed by atoms with Crippen LogP contribution in [0.4, 0.5) is 0 Å². The second-order valence-corrected chi connectivity index (χ2v) is 5.42. The Morgan fingerprint density at radius 2 is 1.88 bits per heavy atom. The average molecular weight is 237 g/mol. The molecule has 0 radical (unpaired) electrons. The molecule has 1 nitrogen and oxygen atoms in total. The molecule has 0 aliphatic carbocycles. The first-order chi connectivity index (χ1) is 7.77. The van der Waals surface area contributed by atoms with E-state index in [1.54, 1.807) is 0 Å². The molecule has 0 heterocycles. The zero-order valence-electron chi connectivity index (χ0n) is 10.6. The third-order valence-electron chi connectivity index (χ3n) is 2.67. The smallest absolute Gasteiger partial charge is 0.0320 e. The van der Waals surface area contributed by atoms with Gasteiger partial charge in [0, 0.05) is 17.8 Å². The van der Waals surface area contributed by atoms with E-state index in [9.17, 15) is 0 Å². The van der Waals surface area contributed by atoms with E-state index in [1.807, 2.05) is 11.8 Å². The largest absolute Gasteiger partial charge is 0.307 e. The highest BCUT2D eigenvalue weighted by Gasteiger charge is 2.11. The fourth-order valence-electron chi connectivity index (χ4n) is 1.82. The van der Waals surface area contributed by atoms with Crippen molar-refractivity contribution in [1.82, 2.24) is 5.32 Å². The van der Waals surface area contributed by atoms with Gasteiger partial charge in [-0.25, -0.2) is 0 Å². The van der Waals surface area contributed by atoms with Crippen LogP contribution < -0.4 is 5.32 Å². The first kappa shape index (κ1) is 13.6. The van der Waals surface area contributed by atoms with E-state index in [-0.39, 0.29) is 0 Å². The molecular formula is C14H23NS. The predicted molar refractivity (Wildman–Crippen MR) is 75.1 cm³/mol. The maximum absolute atomic E-state index is 3.70. The molecule has 0 saturated heterocycles. The molecule has 0 spiro atoms. The van der Waals surface area contributed by atoms with Crippen molar-refractivity contribution < 1.29 is 0 Å². The predicted octanol–water partition coefficient (Wildman–Crippen LogP) is 3.87. The van der Waals surface area contributed by atoms with Crippen molar-refractivity contribution in [2.45, 2.75) is 39.3 Å². The van der Waals surface area contributed by atoms with Crippen LogP contribution in [0.2, 0.25) is 0 Å². The maximum Gasteiger partial charge on any atom is 0.0320 e. The van der Waals surface area contributed by atoms with Gasteiger partial charge >= 0.3 is 0 Å². The van der Waals surface area contributed by atoms with Gasteiger partial charge in [0.25, 0.3) is 0 Å². The monoisotopic (exact) mass is 237 g/mol. The molecule has 0 fully saturated rings. The summed E-state index contributed by atoms with van der Waals surface area (Å²) in [6, 6.07) is 11.8. The lowest BCUT2D eigenvalue weighted by Crippen LogP contribution is -2.32. The highest BCUT2D eigenvalue weighted by atomic mass is 32.2. The van der Waals surface area contributed by atoms with Crippen LogP contribution in [-0.4, -0.2) is 17.5 Å². The van der Waals surface area contributed by atoms with Gasteiger partial charge in [0.15, 0.2) is 0 Å². The van der Waals surface area contributed by atoms with E-state index in [0.717, 1.165) is 6.42 Å². The highest BCUT2D eigenvalue weighted by molar-refractivity contribution is 7.99. The van der Waals surface area contributed by atoms with Crippen molar-refractivity contribution in [1.29, 1.82) is 0 Å². The van der Waals surface area contributed by atoms with Crippen LogP contribution in [0.25, 0.3) is 0 Å². The Bertz CT molecular complexity index is 273. The molecule has 0 saturated carbocycles. The SMILES string of the molecule is CCSCC(C)NC(CC)c1ccccc1. The minimum atomic E-state index is 0.494. The topological polar surface area (TPSA) is 12.0 Å². The van der Waals surface area contributed by atoms with Crippen LogP contribution in [0.3, 0.4) is 0 Å². The van der Waals surface area contributed by atoms with Crippen LogP contribution in [0.5, 0.6) is 0 Å². The molecule has 1 aromatic carbocycles. The summed E-state index contributed by atoms with van der Waals surface area (Å²) in [4.78, 5) is 0. The van der Waals surface area contributed by atoms with Crippen molar-refractivity contribution >= 4 is 11.8 Å². The van der Waals surface area contributed by atoms with Gasteiger partial charge < -0.3 is 5.32 Å². The Labute approximate surface area is 104 Å². The van der Waals surface area contributed by atoms with Crippen molar-refractivity contribution in [3.05, 3.63) is 35.9 Å². The molecular weight excluding hydrogens is 214 g/mol. The molecule has 1 rings (SSSR count). The quantitative estimate of drug-likeness (QED) is 0.772. The van der Waals surface area contributed by atoms with E-state index in [4.69, 9.17) is 0 Å². The van der Waals surface area contributed by atoms with Gasteiger partial charge in [-0.3, -0.25) is 0 Å². The molecule has 1 aromatic rings. The molecule has 16 heavy (non-hydrogen) atoms. The molecule has 2 atom stereocenters. The lowest BCUT2D eigenvalue weighted by Gasteiger charge is -2.22. The molecule has 2 unspecified atom stereocenters. The van der Waals surface area contributed by atoms with E-state index in [0.29, 0.717) is 12.1 Å². The van der Waals surface area contributed by atoms with Crippen molar-refractivity contribution in [3.8, 4) is 0 Å². The Kier molecular flexibility index (Phi) is 6.58. The zero-order chi connectivity index (χ0) is 11.8. The molecule has 0 aliphatic rings. The summed E-state index contributed by atoms with van der Waals surface area (Å²) < 4.78 is 0. The number of thioether (sulfide) groups is 1. The first-order valence-electron chi connectivity index (χ1n) is 6.16. The van der Waals surface area contributed by atoms with Crippen LogP contribution in [0.1, 0.15) is 38.8 Å². The maximum atomic E-state index is 3.70. The number of nitrogens with one attached hydrogen (secondary N) is 1. The second-order valence-electron chi connectivity index (χ2n) is 4.10. The van der Waals surface area contributed by atoms with E-state index in [2.05, 4.69) is 56.4 Å². The van der Waals surface area contributed by atoms with Gasteiger partial charge in [-0.15, -0.1) is 0 Å². The van der Waals surface area contributed by atoms with Gasteiger partial charge in [0.2, 0.25) is 0 Å². The Morgan fingerprint density at radius 3 is 2.44 bits per heavy atom. The lowest BCUT2D eigenvalue weighted by molar-refractivity contribution is 0.470. The normalized spacial score (nSPS) is 14.7. The standard InChI is InChI=1S/C14H23NS/c1-4-14(13-9-7-6-8-10-13)15-12(3)11-16-5-2/h6-10,12,14-15H,4-5,11H2,1-3H3. The van der Waals surface area contributed by atoms with Gasteiger partial charge in [-0.1, -0.05) is 44.2 Å². The Hall–Kier alpha value is -0.470. The van der Waals surface area contributed by atoms with E-state index >= 15 is 0 Å². The van der Waals surface area contributed by atoms with Crippen LogP contribution in [0.15, 0.2) is 30.3 Å². The third kappa shape index (κ3) is 4.58. The van der Waals surface area contributed by atoms with Crippen molar-refractivity contribution in [2.24, 2.45) is 0 Å². The fraction of sp³-hybridized carbons (Fsp3) is 0.571. The Morgan fingerprint density at radius 1 is 1.19 bits per heavy atom. The summed E-state index contributed by atoms with van der Waals surface area (Å²) in [5.74, 6) is 2.40. The number of rotatable bonds is 7. The summed E-state index contributed by atoms with van der Waals surface area (Å²) >= 11 is 2.00. The van der Waals surface area contributed by atoms with E-state index in [1.165, 1.54) is 17.1 Å². The minimum absolute atomic E-state index is 0.494. The first-order valence-corrected chi connectivity index (χ1v) is 7.32. The highest BCUT2D eigenvalue weighted by Crippen LogP contribution is 2.17. The van der Waals surface area contributed by atoms with Gasteiger partial charge in [-0.2, -0.15) is 11.8 Å². The summed E-state index contributed by atoms with van der Waals surface area (Å²) in [5, 5.41) is 3.70. The Balaban J connectivity index is 2.49. The van der Waals surface area contributed by atoms with Crippen LogP contribution in [-0.2, 0) is 0 Å². The van der Waals surface area contributed by atoms with Crippen molar-refractivity contribution in [3.63, 3.8) is 0 Å². The number of hydrogen-bond acceptors (Lipinski definition) is 2. The lowest BCUT2D eigenvalue weighted by atomic mass is 10.0. The molecule has 2 heteroatoms.